The highest BCUT2D eigenvalue weighted by Gasteiger charge is 2.65. The van der Waals surface area contributed by atoms with Gasteiger partial charge in [0.15, 0.2) is 0 Å². The number of unbranched alkanes of at least 4 members (excludes halogenated alkanes) is 2. The molecule has 0 saturated heterocycles. The lowest BCUT2D eigenvalue weighted by molar-refractivity contribution is -0.384. The molecule has 0 bridgehead atoms. The zero-order chi connectivity index (χ0) is 44.8. The second-order valence-corrected chi connectivity index (χ2v) is 17.0. The Bertz CT molecular complexity index is 2080. The molecule has 3 aromatic carbocycles. The van der Waals surface area contributed by atoms with Crippen LogP contribution in [-0.4, -0.2) is 82.9 Å². The molecule has 0 spiro atoms. The molecule has 0 unspecified atom stereocenters. The van der Waals surface area contributed by atoms with E-state index in [0.29, 0.717) is 60.8 Å². The number of benzene rings is 3. The summed E-state index contributed by atoms with van der Waals surface area (Å²) in [7, 11) is 0. The van der Waals surface area contributed by atoms with Gasteiger partial charge >= 0.3 is 6.09 Å². The van der Waals surface area contributed by atoms with Crippen molar-refractivity contribution in [2.24, 2.45) is 22.9 Å². The smallest absolute Gasteiger partial charge is 0.410 e. The minimum atomic E-state index is -1.44. The molecule has 3 aliphatic rings. The van der Waals surface area contributed by atoms with E-state index in [1.807, 2.05) is 49.6 Å². The summed E-state index contributed by atoms with van der Waals surface area (Å²) in [4.78, 5) is 34.2. The van der Waals surface area contributed by atoms with Crippen LogP contribution in [0.5, 0.6) is 17.2 Å². The van der Waals surface area contributed by atoms with E-state index in [4.69, 9.17) is 28.9 Å². The summed E-state index contributed by atoms with van der Waals surface area (Å²) in [6, 6.07) is 19.3. The Morgan fingerprint density at radius 3 is 2.41 bits per heavy atom. The van der Waals surface area contributed by atoms with Crippen LogP contribution in [0.15, 0.2) is 114 Å². The Morgan fingerprint density at radius 2 is 1.75 bits per heavy atom. The molecular weight excluding hydrogens is 823 g/mol. The van der Waals surface area contributed by atoms with Crippen LogP contribution in [-0.2, 0) is 20.9 Å². The van der Waals surface area contributed by atoms with E-state index >= 15 is 0 Å². The Morgan fingerprint density at radius 1 is 1.02 bits per heavy atom. The van der Waals surface area contributed by atoms with Crippen molar-refractivity contribution in [1.29, 1.82) is 0 Å². The van der Waals surface area contributed by atoms with Gasteiger partial charge in [-0.1, -0.05) is 43.1 Å². The number of rotatable bonds is 24. The molecule has 14 heteroatoms. The number of carbonyl (C=O) groups is 1. The average molecular weight is 884 g/mol. The van der Waals surface area contributed by atoms with Gasteiger partial charge in [0.1, 0.15) is 29.9 Å². The molecule has 13 nitrogen and oxygen atoms in total. The van der Waals surface area contributed by atoms with E-state index in [2.05, 4.69) is 25.3 Å². The van der Waals surface area contributed by atoms with Crippen molar-refractivity contribution < 1.29 is 43.7 Å². The molecule has 6 rings (SSSR count). The van der Waals surface area contributed by atoms with Crippen LogP contribution in [0.2, 0.25) is 0 Å². The fraction of sp³-hybridized carbons (Fsp3) is 0.469. The third kappa shape index (κ3) is 11.2. The molecule has 0 radical (unpaired) electrons. The largest absolute Gasteiger partial charge is 0.459 e. The zero-order valence-corrected chi connectivity index (χ0v) is 37.2. The number of amides is 1. The number of hydrogen-bond acceptors (Lipinski definition) is 12. The maximum Gasteiger partial charge on any atom is 0.410 e. The van der Waals surface area contributed by atoms with Gasteiger partial charge in [0.2, 0.25) is 5.79 Å². The lowest BCUT2D eigenvalue weighted by Gasteiger charge is -2.59. The first kappa shape index (κ1) is 47.3. The number of nitro groups is 1. The average Bonchev–Trinajstić information content (AvgIpc) is 3.29. The van der Waals surface area contributed by atoms with Gasteiger partial charge in [0, 0.05) is 54.7 Å². The van der Waals surface area contributed by atoms with Crippen LogP contribution in [0, 0.1) is 27.9 Å². The predicted molar refractivity (Wildman–Crippen MR) is 244 cm³/mol. The van der Waals surface area contributed by atoms with E-state index < -0.39 is 28.8 Å². The highest BCUT2D eigenvalue weighted by Crippen LogP contribution is 2.62. The summed E-state index contributed by atoms with van der Waals surface area (Å²) in [5.41, 5.74) is 3.13. The van der Waals surface area contributed by atoms with Crippen LogP contribution < -0.4 is 9.47 Å². The van der Waals surface area contributed by atoms with Crippen molar-refractivity contribution in [3.63, 3.8) is 0 Å². The molecule has 6 atom stereocenters. The van der Waals surface area contributed by atoms with Crippen LogP contribution in [0.25, 0.3) is 0 Å². The van der Waals surface area contributed by atoms with E-state index in [9.17, 15) is 25.1 Å². The maximum absolute atomic E-state index is 14.3. The summed E-state index contributed by atoms with van der Waals surface area (Å²) < 4.78 is 26.7. The minimum Gasteiger partial charge on any atom is -0.459 e. The number of nitro benzene ring substituents is 1. The zero-order valence-electron chi connectivity index (χ0n) is 36.4. The van der Waals surface area contributed by atoms with Crippen molar-refractivity contribution in [2.75, 3.05) is 39.2 Å². The number of non-ortho nitro benzene ring substituents is 1. The van der Waals surface area contributed by atoms with Crippen molar-refractivity contribution in [3.8, 4) is 17.2 Å². The number of carbonyl (C=O) groups excluding carboxylic acids is 1. The Labute approximate surface area is 374 Å². The lowest BCUT2D eigenvalue weighted by atomic mass is 9.55. The van der Waals surface area contributed by atoms with Gasteiger partial charge < -0.3 is 34.0 Å². The van der Waals surface area contributed by atoms with Crippen molar-refractivity contribution in [2.45, 2.75) is 94.0 Å². The Balaban J connectivity index is 1.55. The standard InChI is InChI=1S/C49H61N3O10S/c1-5-8-29-58-48(55)51(25-6-2)45-32-43(50-60-33-34-15-17-36(18-16-34)52(56)57)41-30-35(13-9-11-26-53)40(14-10-12-27-54)46-42-31-38(61-37-19-22-39(63-4)23-20-37)21-24-44(42)62-49(45,47(41)46)59-28-7-3/h5,7,15-24,30-31,35,40,45-47,53-54H,1,3,6,8-14,25-29,32-33H2,2,4H3/t35-,40+,45-,46+,47+,49+/m0/s1. The molecule has 2 aliphatic carbocycles. The molecule has 1 saturated carbocycles. The van der Waals surface area contributed by atoms with Crippen molar-refractivity contribution >= 4 is 29.3 Å². The Hall–Kier alpha value is -5.15. The monoisotopic (exact) mass is 883 g/mol. The number of nitrogens with zero attached hydrogens (tertiary/aromatic N) is 3. The van der Waals surface area contributed by atoms with Crippen molar-refractivity contribution in [1.82, 2.24) is 4.90 Å². The van der Waals surface area contributed by atoms with Gasteiger partial charge in [0.05, 0.1) is 29.8 Å². The molecule has 1 heterocycles. The van der Waals surface area contributed by atoms with Crippen LogP contribution >= 0.6 is 11.8 Å². The molecule has 1 amide bonds. The predicted octanol–water partition coefficient (Wildman–Crippen LogP) is 10.4. The third-order valence-corrected chi connectivity index (χ3v) is 12.9. The first-order chi connectivity index (χ1) is 30.7. The number of aliphatic hydroxyl groups excluding tert-OH is 2. The Kier molecular flexibility index (Phi) is 17.3. The van der Waals surface area contributed by atoms with E-state index in [1.165, 1.54) is 12.1 Å². The third-order valence-electron chi connectivity index (χ3n) is 12.1. The fourth-order valence-corrected chi connectivity index (χ4v) is 9.73. The SMILES string of the molecule is C=CCCOC(=O)N(CCC)[C@H]1CC(=NOCc2ccc([N+](=O)[O-])cc2)C2=C[C@H](CCCCO)[C@@H](CCCCO)[C@@H]3c4cc(Oc5ccc(SC)cc5)ccc4O[C@@]1(OCC=C)[C@H]23. The second kappa shape index (κ2) is 23.0. The molecule has 63 heavy (non-hydrogen) atoms. The molecular formula is C49H61N3O10S. The quantitative estimate of drug-likeness (QED) is 0.0289. The number of fused-ring (bicyclic) bond motifs is 2. The summed E-state index contributed by atoms with van der Waals surface area (Å²) in [5.74, 6) is -0.202. The van der Waals surface area contributed by atoms with Crippen LogP contribution in [0.3, 0.4) is 0 Å². The number of thioether (sulfide) groups is 1. The van der Waals surface area contributed by atoms with Crippen molar-refractivity contribution in [3.05, 3.63) is 125 Å². The second-order valence-electron chi connectivity index (χ2n) is 16.1. The fourth-order valence-electron chi connectivity index (χ4n) is 9.32. The highest BCUT2D eigenvalue weighted by molar-refractivity contribution is 7.98. The number of aliphatic hydroxyl groups is 2. The van der Waals surface area contributed by atoms with Gasteiger partial charge in [-0.2, -0.15) is 0 Å². The molecule has 1 fully saturated rings. The molecule has 0 aromatic heterocycles. The number of allylic oxidation sites excluding steroid dienone is 1. The van der Waals surface area contributed by atoms with E-state index in [-0.39, 0.29) is 62.9 Å². The summed E-state index contributed by atoms with van der Waals surface area (Å²) in [5, 5.41) is 36.1. The number of oxime groups is 1. The lowest BCUT2D eigenvalue weighted by Crippen LogP contribution is -2.70. The van der Waals surface area contributed by atoms with Gasteiger partial charge in [-0.05, 0) is 122 Å². The summed E-state index contributed by atoms with van der Waals surface area (Å²) in [6.45, 7) is 10.6. The maximum atomic E-state index is 14.3. The van der Waals surface area contributed by atoms with Crippen LogP contribution in [0.1, 0.15) is 81.8 Å². The van der Waals surface area contributed by atoms with Crippen LogP contribution in [0.4, 0.5) is 10.5 Å². The topological polar surface area (TPSA) is 162 Å². The van der Waals surface area contributed by atoms with E-state index in [0.717, 1.165) is 41.7 Å². The first-order valence-electron chi connectivity index (χ1n) is 22.0. The normalized spacial score (nSPS) is 22.8. The molecule has 3 aromatic rings. The van der Waals surface area contributed by atoms with Gasteiger partial charge in [-0.15, -0.1) is 24.9 Å². The molecule has 1 aliphatic heterocycles. The highest BCUT2D eigenvalue weighted by atomic mass is 32.2. The summed E-state index contributed by atoms with van der Waals surface area (Å²) in [6.07, 6.45) is 12.9. The molecule has 338 valence electrons. The molecule has 2 N–H and O–H groups in total. The van der Waals surface area contributed by atoms with E-state index in [1.54, 1.807) is 40.9 Å². The summed E-state index contributed by atoms with van der Waals surface area (Å²) >= 11 is 1.66. The minimum absolute atomic E-state index is 0.0223. The number of ether oxygens (including phenoxy) is 4. The number of hydrogen-bond donors (Lipinski definition) is 2. The van der Waals surface area contributed by atoms with Gasteiger partial charge in [-0.3, -0.25) is 15.0 Å². The van der Waals surface area contributed by atoms with Gasteiger partial charge in [-0.25, -0.2) is 4.79 Å². The van der Waals surface area contributed by atoms with Gasteiger partial charge in [0.25, 0.3) is 5.69 Å². The first-order valence-corrected chi connectivity index (χ1v) is 23.2.